The van der Waals surface area contributed by atoms with Crippen LogP contribution in [0.3, 0.4) is 0 Å². The number of rotatable bonds is 9. The summed E-state index contributed by atoms with van der Waals surface area (Å²) in [5, 5.41) is 2.01. The number of carbonyl (C=O) groups excluding carboxylic acids is 2. The standard InChI is InChI=1S/C27H29FN2O4S/c1-19-6-8-20(9-7-19)27(32)29(13-14-33-2)17-26(31)30-12-10-25-23(11-15-35-25)24(30)18-34-22-5-3-4-21(28)16-22/h3-9,11,15-16,24H,10,12-14,17-18H2,1-2H3. The third-order valence-electron chi connectivity index (χ3n) is 6.10. The molecule has 0 radical (unpaired) electrons. The summed E-state index contributed by atoms with van der Waals surface area (Å²) < 4.78 is 24.7. The Morgan fingerprint density at radius 1 is 1.17 bits per heavy atom. The summed E-state index contributed by atoms with van der Waals surface area (Å²) in [6, 6.07) is 15.0. The molecule has 6 nitrogen and oxygen atoms in total. The Balaban J connectivity index is 1.52. The summed E-state index contributed by atoms with van der Waals surface area (Å²) in [4.78, 5) is 31.3. The average Bonchev–Trinajstić information content (AvgIpc) is 3.34. The lowest BCUT2D eigenvalue weighted by molar-refractivity contribution is -0.135. The minimum atomic E-state index is -0.376. The zero-order valence-electron chi connectivity index (χ0n) is 19.9. The molecule has 1 unspecified atom stereocenters. The number of amides is 2. The highest BCUT2D eigenvalue weighted by molar-refractivity contribution is 7.10. The fourth-order valence-electron chi connectivity index (χ4n) is 4.19. The first-order valence-electron chi connectivity index (χ1n) is 11.5. The maximum Gasteiger partial charge on any atom is 0.254 e. The van der Waals surface area contributed by atoms with E-state index in [-0.39, 0.29) is 36.8 Å². The fourth-order valence-corrected chi connectivity index (χ4v) is 5.12. The minimum absolute atomic E-state index is 0.0635. The Bertz CT molecular complexity index is 1160. The second-order valence-electron chi connectivity index (χ2n) is 8.51. The first-order valence-corrected chi connectivity index (χ1v) is 12.4. The van der Waals surface area contributed by atoms with E-state index in [1.165, 1.54) is 21.9 Å². The van der Waals surface area contributed by atoms with Crippen molar-refractivity contribution in [3.8, 4) is 5.75 Å². The van der Waals surface area contributed by atoms with E-state index in [9.17, 15) is 14.0 Å². The summed E-state index contributed by atoms with van der Waals surface area (Å²) >= 11 is 1.66. The molecule has 0 aliphatic carbocycles. The number of halogens is 1. The van der Waals surface area contributed by atoms with E-state index in [4.69, 9.17) is 9.47 Å². The van der Waals surface area contributed by atoms with E-state index in [1.807, 2.05) is 30.5 Å². The quantitative estimate of drug-likeness (QED) is 0.438. The van der Waals surface area contributed by atoms with Crippen LogP contribution in [0.5, 0.6) is 5.75 Å². The van der Waals surface area contributed by atoms with Gasteiger partial charge in [0.25, 0.3) is 5.91 Å². The molecule has 0 N–H and O–H groups in total. The number of nitrogens with zero attached hydrogens (tertiary/aromatic N) is 2. The smallest absolute Gasteiger partial charge is 0.254 e. The molecule has 2 heterocycles. The average molecular weight is 497 g/mol. The highest BCUT2D eigenvalue weighted by atomic mass is 32.1. The number of carbonyl (C=O) groups is 2. The molecule has 0 spiro atoms. The summed E-state index contributed by atoms with van der Waals surface area (Å²) in [5.74, 6) is -0.336. The van der Waals surface area contributed by atoms with Gasteiger partial charge in [0.05, 0.1) is 12.6 Å². The second kappa shape index (κ2) is 11.5. The van der Waals surface area contributed by atoms with Gasteiger partial charge in [0, 0.05) is 36.7 Å². The molecule has 1 aliphatic heterocycles. The largest absolute Gasteiger partial charge is 0.491 e. The van der Waals surface area contributed by atoms with Gasteiger partial charge in [0.15, 0.2) is 0 Å². The van der Waals surface area contributed by atoms with Gasteiger partial charge in [0.2, 0.25) is 5.91 Å². The molecule has 2 aromatic carbocycles. The van der Waals surface area contributed by atoms with E-state index < -0.39 is 0 Å². The van der Waals surface area contributed by atoms with Gasteiger partial charge >= 0.3 is 0 Å². The minimum Gasteiger partial charge on any atom is -0.491 e. The van der Waals surface area contributed by atoms with Crippen molar-refractivity contribution in [2.24, 2.45) is 0 Å². The lowest BCUT2D eigenvalue weighted by Crippen LogP contribution is -2.48. The summed E-state index contributed by atoms with van der Waals surface area (Å²) in [7, 11) is 1.57. The Labute approximate surface area is 208 Å². The maximum atomic E-state index is 13.6. The maximum absolute atomic E-state index is 13.6. The molecule has 0 bridgehead atoms. The van der Waals surface area contributed by atoms with E-state index in [0.717, 1.165) is 17.5 Å². The van der Waals surface area contributed by atoms with Crippen LogP contribution in [0.4, 0.5) is 4.39 Å². The van der Waals surface area contributed by atoms with Crippen molar-refractivity contribution < 1.29 is 23.5 Å². The lowest BCUT2D eigenvalue weighted by atomic mass is 10.0. The van der Waals surface area contributed by atoms with Crippen molar-refractivity contribution in [2.45, 2.75) is 19.4 Å². The number of benzene rings is 2. The number of fused-ring (bicyclic) bond motifs is 1. The van der Waals surface area contributed by atoms with Gasteiger partial charge in [-0.15, -0.1) is 11.3 Å². The third-order valence-corrected chi connectivity index (χ3v) is 7.09. The first-order chi connectivity index (χ1) is 17.0. The van der Waals surface area contributed by atoms with E-state index in [0.29, 0.717) is 31.0 Å². The van der Waals surface area contributed by atoms with E-state index in [2.05, 4.69) is 0 Å². The monoisotopic (exact) mass is 496 g/mol. The van der Waals surface area contributed by atoms with Crippen LogP contribution in [0.2, 0.25) is 0 Å². The molecule has 0 saturated heterocycles. The van der Waals surface area contributed by atoms with Crippen LogP contribution in [0, 0.1) is 12.7 Å². The molecule has 1 aromatic heterocycles. The first kappa shape index (κ1) is 24.9. The van der Waals surface area contributed by atoms with Crippen molar-refractivity contribution in [3.05, 3.63) is 87.4 Å². The Morgan fingerprint density at radius 3 is 2.71 bits per heavy atom. The summed E-state index contributed by atoms with van der Waals surface area (Å²) in [6.07, 6.45) is 0.749. The lowest BCUT2D eigenvalue weighted by Gasteiger charge is -2.37. The van der Waals surface area contributed by atoms with Crippen molar-refractivity contribution in [2.75, 3.05) is 40.0 Å². The number of methoxy groups -OCH3 is 1. The molecular formula is C27H29FN2O4S. The van der Waals surface area contributed by atoms with Crippen LogP contribution in [-0.2, 0) is 16.0 Å². The van der Waals surface area contributed by atoms with Gasteiger partial charge in [-0.2, -0.15) is 0 Å². The van der Waals surface area contributed by atoms with Crippen LogP contribution in [0.1, 0.15) is 32.4 Å². The molecule has 0 fully saturated rings. The molecule has 8 heteroatoms. The van der Waals surface area contributed by atoms with E-state index >= 15 is 0 Å². The number of thiophene rings is 1. The summed E-state index contributed by atoms with van der Waals surface area (Å²) in [6.45, 7) is 3.25. The molecule has 1 atom stereocenters. The molecule has 35 heavy (non-hydrogen) atoms. The molecule has 184 valence electrons. The van der Waals surface area contributed by atoms with Crippen LogP contribution in [0.25, 0.3) is 0 Å². The van der Waals surface area contributed by atoms with Crippen molar-refractivity contribution in [1.82, 2.24) is 9.80 Å². The number of hydrogen-bond donors (Lipinski definition) is 0. The zero-order chi connectivity index (χ0) is 24.8. The van der Waals surface area contributed by atoms with E-state index in [1.54, 1.807) is 47.6 Å². The molecule has 1 aliphatic rings. The third kappa shape index (κ3) is 6.07. The Kier molecular flexibility index (Phi) is 8.15. The fraction of sp³-hybridized carbons (Fsp3) is 0.333. The zero-order valence-corrected chi connectivity index (χ0v) is 20.7. The predicted molar refractivity (Wildman–Crippen MR) is 133 cm³/mol. The Morgan fingerprint density at radius 2 is 1.97 bits per heavy atom. The highest BCUT2D eigenvalue weighted by Crippen LogP contribution is 2.34. The van der Waals surface area contributed by atoms with Crippen LogP contribution in [0.15, 0.2) is 60.0 Å². The second-order valence-corrected chi connectivity index (χ2v) is 9.51. The molecule has 4 rings (SSSR count). The van der Waals surface area contributed by atoms with Gasteiger partial charge < -0.3 is 19.3 Å². The SMILES string of the molecule is COCCN(CC(=O)N1CCc2sccc2C1COc1cccc(F)c1)C(=O)c1ccc(C)cc1. The van der Waals surface area contributed by atoms with Crippen molar-refractivity contribution >= 4 is 23.2 Å². The predicted octanol–water partition coefficient (Wildman–Crippen LogP) is 4.49. The van der Waals surface area contributed by atoms with Crippen molar-refractivity contribution in [3.63, 3.8) is 0 Å². The highest BCUT2D eigenvalue weighted by Gasteiger charge is 2.33. The molecular weight excluding hydrogens is 467 g/mol. The topological polar surface area (TPSA) is 59.1 Å². The normalized spacial score (nSPS) is 14.9. The molecule has 0 saturated carbocycles. The van der Waals surface area contributed by atoms with Gasteiger partial charge in [-0.05, 0) is 54.6 Å². The van der Waals surface area contributed by atoms with Crippen LogP contribution >= 0.6 is 11.3 Å². The van der Waals surface area contributed by atoms with Gasteiger partial charge in [0.1, 0.15) is 24.7 Å². The number of aryl methyl sites for hydroxylation is 1. The van der Waals surface area contributed by atoms with Crippen LogP contribution in [-0.4, -0.2) is 61.6 Å². The van der Waals surface area contributed by atoms with Gasteiger partial charge in [-0.1, -0.05) is 23.8 Å². The van der Waals surface area contributed by atoms with Crippen molar-refractivity contribution in [1.29, 1.82) is 0 Å². The van der Waals surface area contributed by atoms with Gasteiger partial charge in [-0.25, -0.2) is 4.39 Å². The van der Waals surface area contributed by atoms with Crippen LogP contribution < -0.4 is 4.74 Å². The molecule has 2 amide bonds. The van der Waals surface area contributed by atoms with Gasteiger partial charge in [-0.3, -0.25) is 9.59 Å². The Hall–Kier alpha value is -3.23. The summed E-state index contributed by atoms with van der Waals surface area (Å²) in [5.41, 5.74) is 2.63. The number of hydrogen-bond acceptors (Lipinski definition) is 5. The number of ether oxygens (including phenoxy) is 2. The molecule has 3 aromatic rings.